The molecule has 0 amide bonds. The van der Waals surface area contributed by atoms with Crippen LogP contribution in [0.25, 0.3) is 0 Å². The highest BCUT2D eigenvalue weighted by molar-refractivity contribution is 5.32. The number of nitrogens with one attached hydrogen (secondary N) is 1. The van der Waals surface area contributed by atoms with Gasteiger partial charge in [0.1, 0.15) is 0 Å². The molecule has 1 aromatic rings. The molecule has 0 aliphatic carbocycles. The maximum Gasteiger partial charge on any atom is 0.0449 e. The summed E-state index contributed by atoms with van der Waals surface area (Å²) in [5.74, 6) is 0. The molecule has 1 unspecified atom stereocenters. The fourth-order valence-corrected chi connectivity index (χ4v) is 2.74. The average molecular weight is 246 g/mol. The van der Waals surface area contributed by atoms with Gasteiger partial charge in [0, 0.05) is 12.6 Å². The van der Waals surface area contributed by atoms with Crippen LogP contribution >= 0.6 is 0 Å². The van der Waals surface area contributed by atoms with Crippen LogP contribution in [0.15, 0.2) is 18.2 Å². The van der Waals surface area contributed by atoms with E-state index in [4.69, 9.17) is 0 Å². The SMILES string of the molecule is CCNC(CN1CCCC1)c1ccc(C)c(C)c1. The lowest BCUT2D eigenvalue weighted by molar-refractivity contribution is 0.294. The highest BCUT2D eigenvalue weighted by Gasteiger charge is 2.18. The van der Waals surface area contributed by atoms with Gasteiger partial charge in [0.15, 0.2) is 0 Å². The van der Waals surface area contributed by atoms with Crippen molar-refractivity contribution in [2.45, 2.75) is 39.7 Å². The Bertz CT molecular complexity index is 381. The van der Waals surface area contributed by atoms with Gasteiger partial charge < -0.3 is 10.2 Å². The van der Waals surface area contributed by atoms with Crippen molar-refractivity contribution in [2.24, 2.45) is 0 Å². The fourth-order valence-electron chi connectivity index (χ4n) is 2.74. The maximum atomic E-state index is 3.63. The Labute approximate surface area is 111 Å². The Kier molecular flexibility index (Phi) is 4.79. The minimum absolute atomic E-state index is 0.479. The van der Waals surface area contributed by atoms with E-state index in [1.807, 2.05) is 0 Å². The summed E-state index contributed by atoms with van der Waals surface area (Å²) >= 11 is 0. The first-order chi connectivity index (χ1) is 8.70. The summed E-state index contributed by atoms with van der Waals surface area (Å²) in [6.07, 6.45) is 2.73. The molecule has 1 fully saturated rings. The van der Waals surface area contributed by atoms with Crippen molar-refractivity contribution < 1.29 is 0 Å². The number of hydrogen-bond acceptors (Lipinski definition) is 2. The molecule has 0 aromatic heterocycles. The van der Waals surface area contributed by atoms with Crippen LogP contribution in [0.2, 0.25) is 0 Å². The van der Waals surface area contributed by atoms with E-state index in [1.165, 1.54) is 42.6 Å². The van der Waals surface area contributed by atoms with E-state index in [0.717, 1.165) is 13.1 Å². The summed E-state index contributed by atoms with van der Waals surface area (Å²) in [4.78, 5) is 2.59. The van der Waals surface area contributed by atoms with Gasteiger partial charge in [-0.2, -0.15) is 0 Å². The molecule has 2 heteroatoms. The third-order valence-electron chi connectivity index (χ3n) is 4.02. The Balaban J connectivity index is 2.09. The van der Waals surface area contributed by atoms with Gasteiger partial charge >= 0.3 is 0 Å². The Morgan fingerprint density at radius 2 is 1.89 bits per heavy atom. The third kappa shape index (κ3) is 3.33. The molecular weight excluding hydrogens is 220 g/mol. The maximum absolute atomic E-state index is 3.63. The molecule has 1 atom stereocenters. The van der Waals surface area contributed by atoms with Crippen LogP contribution in [0.3, 0.4) is 0 Å². The molecule has 1 aromatic carbocycles. The zero-order valence-corrected chi connectivity index (χ0v) is 12.0. The van der Waals surface area contributed by atoms with Gasteiger partial charge in [0.2, 0.25) is 0 Å². The lowest BCUT2D eigenvalue weighted by Crippen LogP contribution is -2.33. The molecular formula is C16H26N2. The summed E-state index contributed by atoms with van der Waals surface area (Å²) in [6.45, 7) is 11.3. The van der Waals surface area contributed by atoms with Crippen molar-refractivity contribution in [3.8, 4) is 0 Å². The highest BCUT2D eigenvalue weighted by atomic mass is 15.2. The molecule has 1 N–H and O–H groups in total. The summed E-state index contributed by atoms with van der Waals surface area (Å²) < 4.78 is 0. The van der Waals surface area contributed by atoms with Gasteiger partial charge in [-0.1, -0.05) is 25.1 Å². The molecule has 100 valence electrons. The van der Waals surface area contributed by atoms with E-state index in [2.05, 4.69) is 49.2 Å². The van der Waals surface area contributed by atoms with Crippen molar-refractivity contribution in [1.29, 1.82) is 0 Å². The predicted molar refractivity (Wildman–Crippen MR) is 78.0 cm³/mol. The van der Waals surface area contributed by atoms with Crippen molar-refractivity contribution in [1.82, 2.24) is 10.2 Å². The first kappa shape index (κ1) is 13.6. The molecule has 1 heterocycles. The lowest BCUT2D eigenvalue weighted by atomic mass is 10.0. The van der Waals surface area contributed by atoms with E-state index in [-0.39, 0.29) is 0 Å². The van der Waals surface area contributed by atoms with E-state index in [1.54, 1.807) is 0 Å². The van der Waals surface area contributed by atoms with Crippen molar-refractivity contribution in [2.75, 3.05) is 26.2 Å². The molecule has 1 saturated heterocycles. The van der Waals surface area contributed by atoms with E-state index in [9.17, 15) is 0 Å². The molecule has 1 aliphatic rings. The number of rotatable bonds is 5. The highest BCUT2D eigenvalue weighted by Crippen LogP contribution is 2.20. The summed E-state index contributed by atoms with van der Waals surface area (Å²) in [5.41, 5.74) is 4.22. The van der Waals surface area contributed by atoms with Crippen molar-refractivity contribution in [3.05, 3.63) is 34.9 Å². The number of likely N-dealkylation sites (N-methyl/N-ethyl adjacent to an activating group) is 1. The Hall–Kier alpha value is -0.860. The fraction of sp³-hybridized carbons (Fsp3) is 0.625. The molecule has 0 saturated carbocycles. The summed E-state index contributed by atoms with van der Waals surface area (Å²) in [7, 11) is 0. The Morgan fingerprint density at radius 1 is 1.17 bits per heavy atom. The van der Waals surface area contributed by atoms with E-state index < -0.39 is 0 Å². The molecule has 0 radical (unpaired) electrons. The monoisotopic (exact) mass is 246 g/mol. The largest absolute Gasteiger partial charge is 0.309 e. The number of aryl methyl sites for hydroxylation is 2. The van der Waals surface area contributed by atoms with Gasteiger partial charge in [0.25, 0.3) is 0 Å². The predicted octanol–water partition coefficient (Wildman–Crippen LogP) is 3.05. The summed E-state index contributed by atoms with van der Waals surface area (Å²) in [6, 6.07) is 7.36. The standard InChI is InChI=1S/C16H26N2/c1-4-17-16(12-18-9-5-6-10-18)15-8-7-13(2)14(3)11-15/h7-8,11,16-17H,4-6,9-10,12H2,1-3H3. The molecule has 2 rings (SSSR count). The smallest absolute Gasteiger partial charge is 0.0449 e. The van der Waals surface area contributed by atoms with E-state index in [0.29, 0.717) is 6.04 Å². The van der Waals surface area contributed by atoms with Crippen LogP contribution in [-0.4, -0.2) is 31.1 Å². The summed E-state index contributed by atoms with van der Waals surface area (Å²) in [5, 5.41) is 3.63. The second-order valence-electron chi connectivity index (χ2n) is 5.46. The van der Waals surface area contributed by atoms with Gasteiger partial charge in [-0.15, -0.1) is 0 Å². The second-order valence-corrected chi connectivity index (χ2v) is 5.46. The van der Waals surface area contributed by atoms with Crippen LogP contribution < -0.4 is 5.32 Å². The first-order valence-electron chi connectivity index (χ1n) is 7.23. The van der Waals surface area contributed by atoms with E-state index >= 15 is 0 Å². The molecule has 2 nitrogen and oxygen atoms in total. The molecule has 0 spiro atoms. The normalized spacial score (nSPS) is 18.2. The average Bonchev–Trinajstić information content (AvgIpc) is 2.85. The minimum Gasteiger partial charge on any atom is -0.309 e. The van der Waals surface area contributed by atoms with Crippen molar-refractivity contribution >= 4 is 0 Å². The van der Waals surface area contributed by atoms with Gasteiger partial charge in [-0.25, -0.2) is 0 Å². The lowest BCUT2D eigenvalue weighted by Gasteiger charge is -2.25. The van der Waals surface area contributed by atoms with Crippen LogP contribution in [0, 0.1) is 13.8 Å². The molecule has 0 bridgehead atoms. The van der Waals surface area contributed by atoms with Gasteiger partial charge in [-0.05, 0) is 63.0 Å². The van der Waals surface area contributed by atoms with Gasteiger partial charge in [-0.3, -0.25) is 0 Å². The Morgan fingerprint density at radius 3 is 2.50 bits per heavy atom. The zero-order chi connectivity index (χ0) is 13.0. The molecule has 18 heavy (non-hydrogen) atoms. The zero-order valence-electron chi connectivity index (χ0n) is 12.0. The number of hydrogen-bond donors (Lipinski definition) is 1. The topological polar surface area (TPSA) is 15.3 Å². The quantitative estimate of drug-likeness (QED) is 0.859. The second kappa shape index (κ2) is 6.35. The molecule has 1 aliphatic heterocycles. The van der Waals surface area contributed by atoms with Crippen LogP contribution in [0.1, 0.15) is 42.5 Å². The third-order valence-corrected chi connectivity index (χ3v) is 4.02. The van der Waals surface area contributed by atoms with Crippen molar-refractivity contribution in [3.63, 3.8) is 0 Å². The van der Waals surface area contributed by atoms with Crippen LogP contribution in [0.4, 0.5) is 0 Å². The number of nitrogens with zero attached hydrogens (tertiary/aromatic N) is 1. The number of likely N-dealkylation sites (tertiary alicyclic amines) is 1. The van der Waals surface area contributed by atoms with Gasteiger partial charge in [0.05, 0.1) is 0 Å². The number of benzene rings is 1. The first-order valence-corrected chi connectivity index (χ1v) is 7.23. The van der Waals surface area contributed by atoms with Crippen LogP contribution in [-0.2, 0) is 0 Å². The van der Waals surface area contributed by atoms with Crippen LogP contribution in [0.5, 0.6) is 0 Å². The minimum atomic E-state index is 0.479.